The van der Waals surface area contributed by atoms with Gasteiger partial charge in [-0.3, -0.25) is 0 Å². The van der Waals surface area contributed by atoms with Crippen LogP contribution in [0.2, 0.25) is 0 Å². The van der Waals surface area contributed by atoms with Crippen LogP contribution in [0.15, 0.2) is 24.3 Å². The van der Waals surface area contributed by atoms with E-state index in [1.807, 2.05) is 6.92 Å². The van der Waals surface area contributed by atoms with Gasteiger partial charge < -0.3 is 9.84 Å². The molecule has 1 atom stereocenters. The van der Waals surface area contributed by atoms with E-state index in [1.54, 1.807) is 6.92 Å². The molecule has 0 bridgehead atoms. The van der Waals surface area contributed by atoms with Crippen molar-refractivity contribution in [3.63, 3.8) is 0 Å². The Labute approximate surface area is 98.0 Å². The molecular weight excluding hydrogens is 233 g/mol. The quantitative estimate of drug-likeness (QED) is 0.886. The third kappa shape index (κ3) is 5.08. The summed E-state index contributed by atoms with van der Waals surface area (Å²) < 4.78 is 39.5. The van der Waals surface area contributed by atoms with Gasteiger partial charge in [0.25, 0.3) is 0 Å². The molecule has 0 aliphatic carbocycles. The molecule has 0 heterocycles. The van der Waals surface area contributed by atoms with Crippen LogP contribution in [-0.4, -0.2) is 17.1 Å². The third-order valence-corrected chi connectivity index (χ3v) is 2.50. The number of hydrogen-bond acceptors (Lipinski definition) is 2. The summed E-state index contributed by atoms with van der Waals surface area (Å²) in [5.41, 5.74) is -0.0711. The molecule has 0 radical (unpaired) electrons. The standard InChI is InChI=1S/C12H15F3O2/c1-3-11(2,16)8-9-4-6-10(7-5-9)17-12(13,14)15/h4-7,16H,3,8H2,1-2H3. The van der Waals surface area contributed by atoms with E-state index in [4.69, 9.17) is 0 Å². The monoisotopic (exact) mass is 248 g/mol. The average Bonchev–Trinajstić information content (AvgIpc) is 2.19. The second-order valence-corrected chi connectivity index (χ2v) is 4.22. The Morgan fingerprint density at radius 2 is 1.71 bits per heavy atom. The summed E-state index contributed by atoms with van der Waals surface area (Å²) in [6.07, 6.45) is -3.69. The lowest BCUT2D eigenvalue weighted by molar-refractivity contribution is -0.274. The number of rotatable bonds is 4. The molecular formula is C12H15F3O2. The number of alkyl halides is 3. The van der Waals surface area contributed by atoms with Gasteiger partial charge in [-0.25, -0.2) is 0 Å². The highest BCUT2D eigenvalue weighted by atomic mass is 19.4. The minimum Gasteiger partial charge on any atom is -0.406 e. The van der Waals surface area contributed by atoms with Crippen LogP contribution in [-0.2, 0) is 6.42 Å². The molecule has 0 saturated heterocycles. The van der Waals surface area contributed by atoms with Crippen molar-refractivity contribution in [2.75, 3.05) is 0 Å². The minimum absolute atomic E-state index is 0.252. The maximum Gasteiger partial charge on any atom is 0.573 e. The van der Waals surface area contributed by atoms with Crippen LogP contribution < -0.4 is 4.74 Å². The van der Waals surface area contributed by atoms with Gasteiger partial charge in [-0.15, -0.1) is 13.2 Å². The van der Waals surface area contributed by atoms with Crippen LogP contribution in [0.5, 0.6) is 5.75 Å². The van der Waals surface area contributed by atoms with Crippen LogP contribution in [0.3, 0.4) is 0 Å². The molecule has 0 spiro atoms. The van der Waals surface area contributed by atoms with Gasteiger partial charge in [0.1, 0.15) is 5.75 Å². The van der Waals surface area contributed by atoms with Gasteiger partial charge >= 0.3 is 6.36 Å². The van der Waals surface area contributed by atoms with E-state index in [2.05, 4.69) is 4.74 Å². The average molecular weight is 248 g/mol. The Morgan fingerprint density at radius 1 is 1.18 bits per heavy atom. The second kappa shape index (κ2) is 4.96. The second-order valence-electron chi connectivity index (χ2n) is 4.22. The lowest BCUT2D eigenvalue weighted by Crippen LogP contribution is -2.25. The van der Waals surface area contributed by atoms with Crippen LogP contribution in [0.4, 0.5) is 13.2 Å². The van der Waals surface area contributed by atoms with Gasteiger partial charge in [0.15, 0.2) is 0 Å². The van der Waals surface area contributed by atoms with Crippen LogP contribution in [0, 0.1) is 0 Å². The van der Waals surface area contributed by atoms with Crippen LogP contribution in [0.1, 0.15) is 25.8 Å². The predicted octanol–water partition coefficient (Wildman–Crippen LogP) is 3.29. The Kier molecular flexibility index (Phi) is 4.03. The first-order valence-corrected chi connectivity index (χ1v) is 5.29. The molecule has 0 aliphatic rings. The van der Waals surface area contributed by atoms with Crippen molar-refractivity contribution in [1.29, 1.82) is 0 Å². The topological polar surface area (TPSA) is 29.5 Å². The molecule has 1 unspecified atom stereocenters. The molecule has 1 N–H and O–H groups in total. The van der Waals surface area contributed by atoms with Crippen molar-refractivity contribution >= 4 is 0 Å². The van der Waals surface area contributed by atoms with Gasteiger partial charge in [0.2, 0.25) is 0 Å². The molecule has 1 aromatic rings. The van der Waals surface area contributed by atoms with E-state index in [0.29, 0.717) is 12.8 Å². The summed E-state index contributed by atoms with van der Waals surface area (Å²) in [6.45, 7) is 3.54. The van der Waals surface area contributed by atoms with Crippen molar-refractivity contribution < 1.29 is 23.0 Å². The zero-order chi connectivity index (χ0) is 13.1. The molecule has 1 rings (SSSR count). The molecule has 96 valence electrons. The first-order valence-electron chi connectivity index (χ1n) is 5.29. The van der Waals surface area contributed by atoms with E-state index < -0.39 is 12.0 Å². The molecule has 0 fully saturated rings. The fraction of sp³-hybridized carbons (Fsp3) is 0.500. The summed E-state index contributed by atoms with van der Waals surface area (Å²) >= 11 is 0. The van der Waals surface area contributed by atoms with E-state index in [0.717, 1.165) is 5.56 Å². The van der Waals surface area contributed by atoms with Gasteiger partial charge in [-0.2, -0.15) is 0 Å². The molecule has 0 aliphatic heterocycles. The van der Waals surface area contributed by atoms with E-state index in [1.165, 1.54) is 24.3 Å². The minimum atomic E-state index is -4.67. The summed E-state index contributed by atoms with van der Waals surface area (Å²) in [6, 6.07) is 5.53. The maximum absolute atomic E-state index is 11.9. The van der Waals surface area contributed by atoms with Gasteiger partial charge in [0.05, 0.1) is 5.60 Å². The van der Waals surface area contributed by atoms with Gasteiger partial charge in [-0.05, 0) is 31.0 Å². The zero-order valence-corrected chi connectivity index (χ0v) is 9.71. The molecule has 1 aromatic carbocycles. The van der Waals surface area contributed by atoms with E-state index >= 15 is 0 Å². The summed E-state index contributed by atoms with van der Waals surface area (Å²) in [5.74, 6) is -0.252. The first-order chi connectivity index (χ1) is 7.72. The number of aliphatic hydroxyl groups is 1. The van der Waals surface area contributed by atoms with Gasteiger partial charge in [0, 0.05) is 6.42 Å². The summed E-state index contributed by atoms with van der Waals surface area (Å²) in [5, 5.41) is 9.82. The van der Waals surface area contributed by atoms with Crippen molar-refractivity contribution in [3.8, 4) is 5.75 Å². The zero-order valence-electron chi connectivity index (χ0n) is 9.71. The Balaban J connectivity index is 2.69. The number of hydrogen-bond donors (Lipinski definition) is 1. The van der Waals surface area contributed by atoms with E-state index in [-0.39, 0.29) is 5.75 Å². The van der Waals surface area contributed by atoms with Crippen LogP contribution in [0.25, 0.3) is 0 Å². The van der Waals surface area contributed by atoms with Crippen LogP contribution >= 0.6 is 0 Å². The lowest BCUT2D eigenvalue weighted by atomic mass is 9.94. The molecule has 2 nitrogen and oxygen atoms in total. The smallest absolute Gasteiger partial charge is 0.406 e. The van der Waals surface area contributed by atoms with Crippen molar-refractivity contribution in [3.05, 3.63) is 29.8 Å². The highest BCUT2D eigenvalue weighted by Gasteiger charge is 2.31. The number of benzene rings is 1. The lowest BCUT2D eigenvalue weighted by Gasteiger charge is -2.21. The largest absolute Gasteiger partial charge is 0.573 e. The van der Waals surface area contributed by atoms with E-state index in [9.17, 15) is 18.3 Å². The SMILES string of the molecule is CCC(C)(O)Cc1ccc(OC(F)(F)F)cc1. The number of ether oxygens (including phenoxy) is 1. The number of halogens is 3. The van der Waals surface area contributed by atoms with Crippen molar-refractivity contribution in [2.45, 2.75) is 38.7 Å². The maximum atomic E-state index is 11.9. The Morgan fingerprint density at radius 3 is 2.12 bits per heavy atom. The normalized spacial score (nSPS) is 15.4. The molecule has 0 saturated carbocycles. The molecule has 5 heteroatoms. The fourth-order valence-corrected chi connectivity index (χ4v) is 1.37. The third-order valence-electron chi connectivity index (χ3n) is 2.50. The predicted molar refractivity (Wildman–Crippen MR) is 57.7 cm³/mol. The van der Waals surface area contributed by atoms with Crippen molar-refractivity contribution in [2.24, 2.45) is 0 Å². The fourth-order valence-electron chi connectivity index (χ4n) is 1.37. The highest BCUT2D eigenvalue weighted by Crippen LogP contribution is 2.24. The first kappa shape index (κ1) is 13.8. The summed E-state index contributed by atoms with van der Waals surface area (Å²) in [4.78, 5) is 0. The molecule has 0 aromatic heterocycles. The molecule has 0 amide bonds. The molecule has 17 heavy (non-hydrogen) atoms. The Hall–Kier alpha value is -1.23. The Bertz CT molecular complexity index is 355. The summed E-state index contributed by atoms with van der Waals surface area (Å²) in [7, 11) is 0. The van der Waals surface area contributed by atoms with Crippen molar-refractivity contribution in [1.82, 2.24) is 0 Å². The highest BCUT2D eigenvalue weighted by molar-refractivity contribution is 5.28. The van der Waals surface area contributed by atoms with Gasteiger partial charge in [-0.1, -0.05) is 19.1 Å².